The lowest BCUT2D eigenvalue weighted by atomic mass is 9.92. The minimum atomic E-state index is 0.933. The van der Waals surface area contributed by atoms with E-state index in [1.165, 1.54) is 50.0 Å². The minimum absolute atomic E-state index is 0.933. The summed E-state index contributed by atoms with van der Waals surface area (Å²) in [6, 6.07) is 6.35. The Balaban J connectivity index is 2.03. The minimum Gasteiger partial charge on any atom is -0.397 e. The summed E-state index contributed by atoms with van der Waals surface area (Å²) >= 11 is 0. The van der Waals surface area contributed by atoms with Crippen molar-refractivity contribution in [2.45, 2.75) is 39.5 Å². The Hall–Kier alpha value is -1.18. The van der Waals surface area contributed by atoms with E-state index in [1.54, 1.807) is 0 Å². The fourth-order valence-electron chi connectivity index (χ4n) is 2.81. The molecule has 1 fully saturated rings. The Morgan fingerprint density at radius 2 is 2.00 bits per heavy atom. The van der Waals surface area contributed by atoms with Gasteiger partial charge in [-0.25, -0.2) is 0 Å². The molecule has 2 nitrogen and oxygen atoms in total. The number of para-hydroxylation sites is 1. The Bertz CT molecular complexity index is 365. The summed E-state index contributed by atoms with van der Waals surface area (Å²) in [6.45, 7) is 6.70. The summed E-state index contributed by atoms with van der Waals surface area (Å²) in [6.07, 6.45) is 5.34. The van der Waals surface area contributed by atoms with Crippen LogP contribution in [0.25, 0.3) is 0 Å². The van der Waals surface area contributed by atoms with E-state index in [1.807, 2.05) is 0 Å². The second kappa shape index (κ2) is 5.44. The van der Waals surface area contributed by atoms with E-state index < -0.39 is 0 Å². The average Bonchev–Trinajstić information content (AvgIpc) is 2.34. The molecule has 0 aliphatic carbocycles. The molecule has 2 N–H and O–H groups in total. The first kappa shape index (κ1) is 12.3. The molecular formula is C15H24N2. The number of nitrogens with zero attached hydrogens (tertiary/aromatic N) is 1. The van der Waals surface area contributed by atoms with Gasteiger partial charge in [0.25, 0.3) is 0 Å². The predicted molar refractivity (Wildman–Crippen MR) is 75.4 cm³/mol. The van der Waals surface area contributed by atoms with Crippen LogP contribution in [0.4, 0.5) is 11.4 Å². The monoisotopic (exact) mass is 232 g/mol. The molecule has 0 radical (unpaired) electrons. The van der Waals surface area contributed by atoms with Crippen LogP contribution in [-0.2, 0) is 0 Å². The quantitative estimate of drug-likeness (QED) is 0.807. The zero-order valence-electron chi connectivity index (χ0n) is 11.1. The van der Waals surface area contributed by atoms with Gasteiger partial charge in [-0.3, -0.25) is 0 Å². The van der Waals surface area contributed by atoms with Crippen molar-refractivity contribution in [1.29, 1.82) is 0 Å². The third kappa shape index (κ3) is 2.74. The number of nitrogen functional groups attached to an aromatic ring is 1. The van der Waals surface area contributed by atoms with Gasteiger partial charge in [0.2, 0.25) is 0 Å². The Kier molecular flexibility index (Phi) is 3.93. The standard InChI is InChI=1S/C15H24N2/c1-3-5-13-8-10-17(11-9-13)14-7-4-6-12(2)15(14)16/h4,6-7,13H,3,5,8-11,16H2,1-2H3. The van der Waals surface area contributed by atoms with Gasteiger partial charge in [0.1, 0.15) is 0 Å². The summed E-state index contributed by atoms with van der Waals surface area (Å²) in [4.78, 5) is 2.45. The van der Waals surface area contributed by atoms with Gasteiger partial charge in [-0.1, -0.05) is 31.9 Å². The first-order valence-corrected chi connectivity index (χ1v) is 6.82. The third-order valence-electron chi connectivity index (χ3n) is 3.95. The zero-order chi connectivity index (χ0) is 12.3. The lowest BCUT2D eigenvalue weighted by molar-refractivity contribution is 0.378. The van der Waals surface area contributed by atoms with Crippen LogP contribution < -0.4 is 10.6 Å². The number of nitrogens with two attached hydrogens (primary N) is 1. The van der Waals surface area contributed by atoms with Gasteiger partial charge in [-0.2, -0.15) is 0 Å². The number of anilines is 2. The van der Waals surface area contributed by atoms with Crippen LogP contribution in [0.5, 0.6) is 0 Å². The number of hydrogen-bond donors (Lipinski definition) is 1. The molecule has 0 bridgehead atoms. The van der Waals surface area contributed by atoms with Crippen LogP contribution in [0, 0.1) is 12.8 Å². The van der Waals surface area contributed by atoms with Crippen LogP contribution in [0.2, 0.25) is 0 Å². The molecule has 17 heavy (non-hydrogen) atoms. The van der Waals surface area contributed by atoms with E-state index >= 15 is 0 Å². The van der Waals surface area contributed by atoms with Gasteiger partial charge < -0.3 is 10.6 Å². The lowest BCUT2D eigenvalue weighted by Crippen LogP contribution is -2.34. The molecule has 2 heteroatoms. The van der Waals surface area contributed by atoms with Crippen molar-refractivity contribution in [3.8, 4) is 0 Å². The number of piperidine rings is 1. The molecule has 0 amide bonds. The maximum absolute atomic E-state index is 6.17. The van der Waals surface area contributed by atoms with Crippen molar-refractivity contribution < 1.29 is 0 Å². The van der Waals surface area contributed by atoms with Gasteiger partial charge in [0, 0.05) is 13.1 Å². The summed E-state index contributed by atoms with van der Waals surface area (Å²) in [5.74, 6) is 0.933. The van der Waals surface area contributed by atoms with Crippen molar-refractivity contribution in [3.63, 3.8) is 0 Å². The van der Waals surface area contributed by atoms with Gasteiger partial charge in [-0.05, 0) is 37.3 Å². The second-order valence-electron chi connectivity index (χ2n) is 5.23. The molecule has 1 aliphatic heterocycles. The van der Waals surface area contributed by atoms with Crippen LogP contribution in [0.1, 0.15) is 38.2 Å². The predicted octanol–water partition coefficient (Wildman–Crippen LogP) is 3.59. The van der Waals surface area contributed by atoms with E-state index in [0.717, 1.165) is 11.6 Å². The van der Waals surface area contributed by atoms with E-state index in [-0.39, 0.29) is 0 Å². The highest BCUT2D eigenvalue weighted by Gasteiger charge is 2.20. The van der Waals surface area contributed by atoms with Gasteiger partial charge in [-0.15, -0.1) is 0 Å². The van der Waals surface area contributed by atoms with Crippen molar-refractivity contribution >= 4 is 11.4 Å². The second-order valence-corrected chi connectivity index (χ2v) is 5.23. The number of rotatable bonds is 3. The maximum atomic E-state index is 6.17. The lowest BCUT2D eigenvalue weighted by Gasteiger charge is -2.34. The molecule has 1 aromatic rings. The van der Waals surface area contributed by atoms with Crippen molar-refractivity contribution in [3.05, 3.63) is 23.8 Å². The van der Waals surface area contributed by atoms with Crippen molar-refractivity contribution in [1.82, 2.24) is 0 Å². The highest BCUT2D eigenvalue weighted by molar-refractivity contribution is 5.71. The Morgan fingerprint density at radius 1 is 1.29 bits per heavy atom. The maximum Gasteiger partial charge on any atom is 0.0602 e. The SMILES string of the molecule is CCCC1CCN(c2cccc(C)c2N)CC1. The first-order valence-electron chi connectivity index (χ1n) is 6.82. The van der Waals surface area contributed by atoms with Crippen molar-refractivity contribution in [2.24, 2.45) is 5.92 Å². The zero-order valence-corrected chi connectivity index (χ0v) is 11.1. The Morgan fingerprint density at radius 3 is 2.65 bits per heavy atom. The molecule has 0 aromatic heterocycles. The van der Waals surface area contributed by atoms with Crippen LogP contribution >= 0.6 is 0 Å². The van der Waals surface area contributed by atoms with Crippen LogP contribution in [-0.4, -0.2) is 13.1 Å². The molecule has 1 heterocycles. The number of aryl methyl sites for hydroxylation is 1. The van der Waals surface area contributed by atoms with Gasteiger partial charge in [0.15, 0.2) is 0 Å². The molecule has 1 saturated heterocycles. The molecular weight excluding hydrogens is 208 g/mol. The average molecular weight is 232 g/mol. The first-order chi connectivity index (χ1) is 8.22. The summed E-state index contributed by atoms with van der Waals surface area (Å²) in [5.41, 5.74) is 9.55. The van der Waals surface area contributed by atoms with E-state index in [0.29, 0.717) is 0 Å². The Labute approximate surface area is 105 Å². The molecule has 0 spiro atoms. The third-order valence-corrected chi connectivity index (χ3v) is 3.95. The largest absolute Gasteiger partial charge is 0.397 e. The molecule has 1 aromatic carbocycles. The molecule has 0 atom stereocenters. The van der Waals surface area contributed by atoms with E-state index in [2.05, 4.69) is 36.9 Å². The fourth-order valence-corrected chi connectivity index (χ4v) is 2.81. The topological polar surface area (TPSA) is 29.3 Å². The van der Waals surface area contributed by atoms with Crippen LogP contribution in [0.15, 0.2) is 18.2 Å². The molecule has 0 unspecified atom stereocenters. The van der Waals surface area contributed by atoms with E-state index in [9.17, 15) is 0 Å². The summed E-state index contributed by atoms with van der Waals surface area (Å²) in [5, 5.41) is 0. The normalized spacial score (nSPS) is 17.4. The molecule has 94 valence electrons. The molecule has 0 saturated carbocycles. The van der Waals surface area contributed by atoms with E-state index in [4.69, 9.17) is 5.73 Å². The number of benzene rings is 1. The van der Waals surface area contributed by atoms with Gasteiger partial charge in [0.05, 0.1) is 11.4 Å². The summed E-state index contributed by atoms with van der Waals surface area (Å²) < 4.78 is 0. The molecule has 1 aliphatic rings. The van der Waals surface area contributed by atoms with Crippen molar-refractivity contribution in [2.75, 3.05) is 23.7 Å². The molecule has 2 rings (SSSR count). The fraction of sp³-hybridized carbons (Fsp3) is 0.600. The summed E-state index contributed by atoms with van der Waals surface area (Å²) in [7, 11) is 0. The van der Waals surface area contributed by atoms with Crippen LogP contribution in [0.3, 0.4) is 0 Å². The number of hydrogen-bond acceptors (Lipinski definition) is 2. The van der Waals surface area contributed by atoms with Gasteiger partial charge >= 0.3 is 0 Å². The highest BCUT2D eigenvalue weighted by Crippen LogP contribution is 2.31. The highest BCUT2D eigenvalue weighted by atomic mass is 15.1. The smallest absolute Gasteiger partial charge is 0.0602 e.